The number of hydrogen-bond donors (Lipinski definition) is 1. The van der Waals surface area contributed by atoms with Crippen molar-refractivity contribution in [3.05, 3.63) is 95.3 Å². The van der Waals surface area contributed by atoms with E-state index in [4.69, 9.17) is 9.47 Å². The van der Waals surface area contributed by atoms with E-state index in [1.165, 1.54) is 11.1 Å². The summed E-state index contributed by atoms with van der Waals surface area (Å²) in [5, 5.41) is 3.34. The first kappa shape index (κ1) is 30.5. The molecule has 1 N–H and O–H groups in total. The van der Waals surface area contributed by atoms with E-state index in [9.17, 15) is 9.59 Å². The summed E-state index contributed by atoms with van der Waals surface area (Å²) in [5.74, 6) is 0.152. The standard InChI is InChI=1S/C37H45N3O4/c1-23-19-31-26(22-44-36(31)43-5)20-30(23)35(42)40(28-15-13-27(14-16-28)37(2,3)4)33(25-10-8-18-38-21-25)34(41)39-32-17-12-24-9-6-7-11-29(24)32/h6-11,13-16,18,21,23,26,30-33,36H,12,17,19-20,22H2,1-5H3,(H,39,41)/t23?,26-,30?,31-,32-,33?,36+/m0/s1. The highest BCUT2D eigenvalue weighted by atomic mass is 16.7. The Morgan fingerprint density at radius 2 is 1.82 bits per heavy atom. The summed E-state index contributed by atoms with van der Waals surface area (Å²) >= 11 is 0. The van der Waals surface area contributed by atoms with Crippen molar-refractivity contribution in [2.75, 3.05) is 18.6 Å². The number of aryl methyl sites for hydroxylation is 1. The molecular formula is C37H45N3O4. The van der Waals surface area contributed by atoms with Crippen LogP contribution in [0.15, 0.2) is 73.1 Å². The molecule has 7 heteroatoms. The van der Waals surface area contributed by atoms with E-state index in [1.54, 1.807) is 24.4 Å². The molecule has 2 heterocycles. The summed E-state index contributed by atoms with van der Waals surface area (Å²) in [6.07, 6.45) is 6.50. The molecule has 2 amide bonds. The average Bonchev–Trinajstić information content (AvgIpc) is 3.62. The Balaban J connectivity index is 1.39. The van der Waals surface area contributed by atoms with Crippen molar-refractivity contribution < 1.29 is 19.1 Å². The van der Waals surface area contributed by atoms with Gasteiger partial charge in [-0.3, -0.25) is 19.5 Å². The topological polar surface area (TPSA) is 80.8 Å². The summed E-state index contributed by atoms with van der Waals surface area (Å²) in [6, 6.07) is 19.2. The van der Waals surface area contributed by atoms with Crippen molar-refractivity contribution in [1.82, 2.24) is 10.3 Å². The minimum Gasteiger partial charge on any atom is -0.356 e. The Hall–Kier alpha value is -3.55. The number of benzene rings is 2. The number of methoxy groups -OCH3 is 1. The zero-order valence-electron chi connectivity index (χ0n) is 26.5. The summed E-state index contributed by atoms with van der Waals surface area (Å²) in [6.45, 7) is 9.26. The molecule has 1 saturated carbocycles. The second kappa shape index (κ2) is 12.4. The van der Waals surface area contributed by atoms with Crippen LogP contribution in [0.3, 0.4) is 0 Å². The van der Waals surface area contributed by atoms with Crippen molar-refractivity contribution in [1.29, 1.82) is 0 Å². The molecule has 2 aromatic carbocycles. The number of anilines is 1. The molecule has 3 unspecified atom stereocenters. The third-order valence-electron chi connectivity index (χ3n) is 10.1. The fraction of sp³-hybridized carbons (Fsp3) is 0.486. The van der Waals surface area contributed by atoms with Gasteiger partial charge >= 0.3 is 0 Å². The van der Waals surface area contributed by atoms with Crippen LogP contribution in [-0.2, 0) is 30.9 Å². The number of aromatic nitrogens is 1. The van der Waals surface area contributed by atoms with E-state index in [-0.39, 0.29) is 53.2 Å². The van der Waals surface area contributed by atoms with E-state index in [0.29, 0.717) is 24.3 Å². The van der Waals surface area contributed by atoms with Crippen molar-refractivity contribution in [2.45, 2.75) is 77.2 Å². The van der Waals surface area contributed by atoms with E-state index < -0.39 is 6.04 Å². The number of amides is 2. The lowest BCUT2D eigenvalue weighted by molar-refractivity contribution is -0.133. The Labute approximate surface area is 261 Å². The highest BCUT2D eigenvalue weighted by Gasteiger charge is 2.48. The molecule has 2 aliphatic carbocycles. The molecule has 232 valence electrons. The minimum absolute atomic E-state index is 0.0313. The molecule has 3 aromatic rings. The summed E-state index contributed by atoms with van der Waals surface area (Å²) in [7, 11) is 1.69. The molecule has 2 fully saturated rings. The van der Waals surface area contributed by atoms with E-state index in [0.717, 1.165) is 24.8 Å². The number of fused-ring (bicyclic) bond motifs is 2. The van der Waals surface area contributed by atoms with Crippen LogP contribution >= 0.6 is 0 Å². The molecular weight excluding hydrogens is 550 g/mol. The number of carbonyl (C=O) groups excluding carboxylic acids is 2. The molecule has 1 aliphatic heterocycles. The van der Waals surface area contributed by atoms with Crippen LogP contribution in [-0.4, -0.2) is 36.8 Å². The number of rotatable bonds is 7. The molecule has 7 atom stereocenters. The fourth-order valence-electron chi connectivity index (χ4n) is 7.59. The van der Waals surface area contributed by atoms with Crippen molar-refractivity contribution >= 4 is 17.5 Å². The van der Waals surface area contributed by atoms with Crippen LogP contribution in [0.25, 0.3) is 0 Å². The van der Waals surface area contributed by atoms with Crippen LogP contribution in [0.2, 0.25) is 0 Å². The van der Waals surface area contributed by atoms with Gasteiger partial charge in [0.25, 0.3) is 0 Å². The smallest absolute Gasteiger partial charge is 0.248 e. The predicted octanol–water partition coefficient (Wildman–Crippen LogP) is 6.54. The fourth-order valence-corrected chi connectivity index (χ4v) is 7.59. The maximum atomic E-state index is 14.9. The highest BCUT2D eigenvalue weighted by Crippen LogP contribution is 2.46. The SMILES string of the molecule is CO[C@@H]1OC[C@@H]2CC(C(=O)N(c3ccc(C(C)(C)C)cc3)C(C(=O)N[C@H]3CCc4ccccc43)c3cccnc3)C(C)C[C@@H]21. The first-order chi connectivity index (χ1) is 21.2. The van der Waals surface area contributed by atoms with Gasteiger partial charge in [-0.2, -0.15) is 0 Å². The van der Waals surface area contributed by atoms with Gasteiger partial charge in [0.2, 0.25) is 11.8 Å². The normalized spacial score (nSPS) is 26.8. The van der Waals surface area contributed by atoms with Gasteiger partial charge in [0, 0.05) is 42.6 Å². The van der Waals surface area contributed by atoms with Crippen LogP contribution in [0, 0.1) is 23.7 Å². The van der Waals surface area contributed by atoms with Gasteiger partial charge in [-0.05, 0) is 77.8 Å². The van der Waals surface area contributed by atoms with E-state index >= 15 is 0 Å². The largest absolute Gasteiger partial charge is 0.356 e. The number of pyridine rings is 1. The molecule has 1 saturated heterocycles. The second-order valence-electron chi connectivity index (χ2n) is 13.9. The lowest BCUT2D eigenvalue weighted by Gasteiger charge is -2.41. The second-order valence-corrected chi connectivity index (χ2v) is 13.9. The highest BCUT2D eigenvalue weighted by molar-refractivity contribution is 6.02. The number of hydrogen-bond acceptors (Lipinski definition) is 5. The molecule has 44 heavy (non-hydrogen) atoms. The molecule has 0 radical (unpaired) electrons. The average molecular weight is 596 g/mol. The zero-order chi connectivity index (χ0) is 31.0. The Bertz CT molecular complexity index is 1470. The number of carbonyl (C=O) groups is 2. The zero-order valence-corrected chi connectivity index (χ0v) is 26.5. The summed E-state index contributed by atoms with van der Waals surface area (Å²) < 4.78 is 11.6. The summed E-state index contributed by atoms with van der Waals surface area (Å²) in [5.41, 5.74) is 4.94. The summed E-state index contributed by atoms with van der Waals surface area (Å²) in [4.78, 5) is 35.6. The van der Waals surface area contributed by atoms with Gasteiger partial charge in [-0.1, -0.05) is 70.2 Å². The van der Waals surface area contributed by atoms with Gasteiger partial charge in [-0.15, -0.1) is 0 Å². The van der Waals surface area contributed by atoms with Gasteiger partial charge in [0.15, 0.2) is 6.29 Å². The Kier molecular flexibility index (Phi) is 8.62. The van der Waals surface area contributed by atoms with Crippen molar-refractivity contribution in [3.8, 4) is 0 Å². The molecule has 1 aromatic heterocycles. The molecule has 0 bridgehead atoms. The number of nitrogens with one attached hydrogen (secondary N) is 1. The van der Waals surface area contributed by atoms with Crippen LogP contribution in [0.1, 0.15) is 81.3 Å². The Morgan fingerprint density at radius 3 is 2.52 bits per heavy atom. The maximum absolute atomic E-state index is 14.9. The van der Waals surface area contributed by atoms with E-state index in [2.05, 4.69) is 62.3 Å². The van der Waals surface area contributed by atoms with Crippen LogP contribution < -0.4 is 10.2 Å². The van der Waals surface area contributed by atoms with Crippen molar-refractivity contribution in [3.63, 3.8) is 0 Å². The van der Waals surface area contributed by atoms with E-state index in [1.807, 2.05) is 36.4 Å². The quantitative estimate of drug-likeness (QED) is 0.336. The first-order valence-electron chi connectivity index (χ1n) is 16.0. The number of nitrogens with zero attached hydrogens (tertiary/aromatic N) is 2. The third kappa shape index (κ3) is 5.92. The maximum Gasteiger partial charge on any atom is 0.248 e. The lowest BCUT2D eigenvalue weighted by Crippen LogP contribution is -2.49. The lowest BCUT2D eigenvalue weighted by atomic mass is 9.69. The predicted molar refractivity (Wildman–Crippen MR) is 171 cm³/mol. The molecule has 6 rings (SSSR count). The van der Waals surface area contributed by atoms with Crippen LogP contribution in [0.4, 0.5) is 5.69 Å². The molecule has 7 nitrogen and oxygen atoms in total. The molecule has 0 spiro atoms. The van der Waals surface area contributed by atoms with Gasteiger partial charge in [0.05, 0.1) is 12.6 Å². The monoisotopic (exact) mass is 595 g/mol. The van der Waals surface area contributed by atoms with Gasteiger partial charge < -0.3 is 14.8 Å². The minimum atomic E-state index is -0.874. The Morgan fingerprint density at radius 1 is 1.05 bits per heavy atom. The van der Waals surface area contributed by atoms with Crippen molar-refractivity contribution in [2.24, 2.45) is 23.7 Å². The van der Waals surface area contributed by atoms with Gasteiger partial charge in [0.1, 0.15) is 6.04 Å². The molecule has 3 aliphatic rings. The van der Waals surface area contributed by atoms with Gasteiger partial charge in [-0.25, -0.2) is 0 Å². The first-order valence-corrected chi connectivity index (χ1v) is 16.0. The third-order valence-corrected chi connectivity index (χ3v) is 10.1. The number of ether oxygens (including phenoxy) is 2. The van der Waals surface area contributed by atoms with Crippen LogP contribution in [0.5, 0.6) is 0 Å².